The van der Waals surface area contributed by atoms with Crippen molar-refractivity contribution in [2.75, 3.05) is 22.9 Å². The number of aromatic nitrogens is 3. The van der Waals surface area contributed by atoms with E-state index in [1.165, 1.54) is 12.1 Å². The summed E-state index contributed by atoms with van der Waals surface area (Å²) in [5.41, 5.74) is 4.92. The van der Waals surface area contributed by atoms with Crippen molar-refractivity contribution in [1.29, 1.82) is 0 Å². The molecule has 3 aromatic carbocycles. The van der Waals surface area contributed by atoms with Gasteiger partial charge in [0.15, 0.2) is 11.5 Å². The molecule has 182 valence electrons. The molecular formula is C23H20N8O4S. The fraction of sp³-hybridized carbons (Fsp3) is 0.0435. The van der Waals surface area contributed by atoms with Crippen LogP contribution >= 0.6 is 0 Å². The molecule has 0 spiro atoms. The maximum absolute atomic E-state index is 11.5. The van der Waals surface area contributed by atoms with Gasteiger partial charge in [-0.25, -0.2) is 19.0 Å². The lowest BCUT2D eigenvalue weighted by Crippen LogP contribution is -2.12. The highest BCUT2D eigenvalue weighted by molar-refractivity contribution is 7.89. The van der Waals surface area contributed by atoms with E-state index < -0.39 is 10.0 Å². The fourth-order valence-electron chi connectivity index (χ4n) is 3.20. The van der Waals surface area contributed by atoms with E-state index in [-0.39, 0.29) is 29.5 Å². The number of hydrazone groups is 1. The molecule has 4 aromatic rings. The molecule has 12 nitrogen and oxygen atoms in total. The molecule has 5 N–H and O–H groups in total. The van der Waals surface area contributed by atoms with Gasteiger partial charge in [0.1, 0.15) is 0 Å². The van der Waals surface area contributed by atoms with Crippen LogP contribution in [0.1, 0.15) is 5.56 Å². The summed E-state index contributed by atoms with van der Waals surface area (Å²) in [6, 6.07) is 20.7. The summed E-state index contributed by atoms with van der Waals surface area (Å²) >= 11 is 0. The van der Waals surface area contributed by atoms with E-state index in [0.29, 0.717) is 17.2 Å². The Morgan fingerprint density at radius 2 is 1.44 bits per heavy atom. The standard InChI is InChI=1S/C23H20N8O4S/c24-36(32,33)18-9-7-17(8-10-18)27-22-28-21(26-16-4-2-1-3-5-16)29-23(30-22)31-25-13-15-6-11-19-20(12-15)35-14-34-19/h1-13H,14H2,(H2,24,32,33)(H3,26,27,28,29,30,31)/b25-13+. The molecule has 5 rings (SSSR count). The SMILES string of the molecule is NS(=O)(=O)c1ccc(Nc2nc(N/N=C/c3ccc4c(c3)OCO4)nc(Nc3ccccc3)n2)cc1. The smallest absolute Gasteiger partial charge is 0.250 e. The third-order valence-electron chi connectivity index (χ3n) is 4.88. The van der Waals surface area contributed by atoms with Gasteiger partial charge in [0.05, 0.1) is 11.1 Å². The van der Waals surface area contributed by atoms with Crippen LogP contribution in [0, 0.1) is 0 Å². The van der Waals surface area contributed by atoms with Crippen molar-refractivity contribution in [2.45, 2.75) is 4.90 Å². The predicted octanol–water partition coefficient (Wildman–Crippen LogP) is 3.18. The Kier molecular flexibility index (Phi) is 6.30. The van der Waals surface area contributed by atoms with Gasteiger partial charge in [-0.05, 0) is 60.2 Å². The third kappa shape index (κ3) is 5.65. The molecule has 0 atom stereocenters. The molecule has 36 heavy (non-hydrogen) atoms. The average Bonchev–Trinajstić information content (AvgIpc) is 3.32. The minimum Gasteiger partial charge on any atom is -0.454 e. The first-order valence-electron chi connectivity index (χ1n) is 10.6. The number of nitrogens with two attached hydrogens (primary N) is 1. The van der Waals surface area contributed by atoms with Crippen molar-refractivity contribution in [3.05, 3.63) is 78.4 Å². The number of ether oxygens (including phenoxy) is 2. The zero-order valence-corrected chi connectivity index (χ0v) is 19.4. The number of sulfonamides is 1. The van der Waals surface area contributed by atoms with Crippen molar-refractivity contribution in [3.8, 4) is 11.5 Å². The van der Waals surface area contributed by atoms with Crippen molar-refractivity contribution in [3.63, 3.8) is 0 Å². The van der Waals surface area contributed by atoms with E-state index in [0.717, 1.165) is 11.3 Å². The molecule has 0 radical (unpaired) electrons. The van der Waals surface area contributed by atoms with Crippen molar-refractivity contribution < 1.29 is 17.9 Å². The Morgan fingerprint density at radius 1 is 0.806 bits per heavy atom. The number of primary sulfonamides is 1. The number of hydrogen-bond acceptors (Lipinski definition) is 11. The number of rotatable bonds is 8. The highest BCUT2D eigenvalue weighted by atomic mass is 32.2. The molecule has 0 unspecified atom stereocenters. The number of fused-ring (bicyclic) bond motifs is 1. The van der Waals surface area contributed by atoms with E-state index in [1.807, 2.05) is 42.5 Å². The normalized spacial score (nSPS) is 12.5. The Bertz CT molecular complexity index is 1510. The predicted molar refractivity (Wildman–Crippen MR) is 134 cm³/mol. The molecule has 1 aliphatic rings. The van der Waals surface area contributed by atoms with E-state index in [4.69, 9.17) is 14.6 Å². The van der Waals surface area contributed by atoms with Gasteiger partial charge in [-0.2, -0.15) is 20.1 Å². The van der Waals surface area contributed by atoms with Crippen LogP contribution in [0.25, 0.3) is 0 Å². The highest BCUT2D eigenvalue weighted by Gasteiger charge is 2.13. The van der Waals surface area contributed by atoms with Crippen LogP contribution in [0.2, 0.25) is 0 Å². The van der Waals surface area contributed by atoms with Crippen LogP contribution in [0.4, 0.5) is 29.2 Å². The largest absolute Gasteiger partial charge is 0.454 e. The second-order valence-corrected chi connectivity index (χ2v) is 9.04. The monoisotopic (exact) mass is 504 g/mol. The summed E-state index contributed by atoms with van der Waals surface area (Å²) in [5.74, 6) is 1.97. The van der Waals surface area contributed by atoms with Crippen molar-refractivity contribution in [2.24, 2.45) is 10.2 Å². The lowest BCUT2D eigenvalue weighted by atomic mass is 10.2. The molecule has 1 aliphatic heterocycles. The van der Waals surface area contributed by atoms with Gasteiger partial charge in [-0.3, -0.25) is 0 Å². The summed E-state index contributed by atoms with van der Waals surface area (Å²) in [7, 11) is -3.80. The Balaban J connectivity index is 1.37. The Morgan fingerprint density at radius 3 is 2.14 bits per heavy atom. The Hall–Kier alpha value is -4.75. The summed E-state index contributed by atoms with van der Waals surface area (Å²) in [5, 5.41) is 15.5. The zero-order chi connectivity index (χ0) is 25.0. The maximum Gasteiger partial charge on any atom is 0.250 e. The minimum atomic E-state index is -3.80. The van der Waals surface area contributed by atoms with Gasteiger partial charge in [-0.1, -0.05) is 18.2 Å². The first kappa shape index (κ1) is 23.0. The molecule has 2 heterocycles. The fourth-order valence-corrected chi connectivity index (χ4v) is 3.72. The molecule has 0 saturated heterocycles. The van der Waals surface area contributed by atoms with Gasteiger partial charge < -0.3 is 20.1 Å². The molecule has 0 amide bonds. The quantitative estimate of drug-likeness (QED) is 0.207. The molecule has 0 bridgehead atoms. The van der Waals surface area contributed by atoms with Crippen LogP contribution in [-0.2, 0) is 10.0 Å². The maximum atomic E-state index is 11.5. The van der Waals surface area contributed by atoms with Gasteiger partial charge in [0.2, 0.25) is 34.7 Å². The number of nitrogens with zero attached hydrogens (tertiary/aromatic N) is 4. The van der Waals surface area contributed by atoms with Crippen LogP contribution in [0.15, 0.2) is 82.8 Å². The lowest BCUT2D eigenvalue weighted by molar-refractivity contribution is 0.174. The van der Waals surface area contributed by atoms with Gasteiger partial charge in [-0.15, -0.1) is 0 Å². The molecule has 1 aromatic heterocycles. The van der Waals surface area contributed by atoms with Crippen LogP contribution in [0.3, 0.4) is 0 Å². The molecular weight excluding hydrogens is 484 g/mol. The first-order valence-corrected chi connectivity index (χ1v) is 12.1. The minimum absolute atomic E-state index is 0.00431. The van der Waals surface area contributed by atoms with E-state index >= 15 is 0 Å². The second kappa shape index (κ2) is 9.85. The van der Waals surface area contributed by atoms with Gasteiger partial charge >= 0.3 is 0 Å². The van der Waals surface area contributed by atoms with Gasteiger partial charge in [0, 0.05) is 11.4 Å². The van der Waals surface area contributed by atoms with Crippen LogP contribution in [0.5, 0.6) is 11.5 Å². The highest BCUT2D eigenvalue weighted by Crippen LogP contribution is 2.32. The zero-order valence-electron chi connectivity index (χ0n) is 18.6. The first-order chi connectivity index (χ1) is 17.4. The molecule has 0 aliphatic carbocycles. The number of benzene rings is 3. The average molecular weight is 505 g/mol. The van der Waals surface area contributed by atoms with Crippen molar-refractivity contribution >= 4 is 45.5 Å². The van der Waals surface area contributed by atoms with E-state index in [1.54, 1.807) is 24.4 Å². The number of para-hydroxylation sites is 1. The number of hydrogen-bond donors (Lipinski definition) is 4. The Labute approximate surface area is 206 Å². The lowest BCUT2D eigenvalue weighted by Gasteiger charge is -2.10. The second-order valence-electron chi connectivity index (χ2n) is 7.47. The summed E-state index contributed by atoms with van der Waals surface area (Å²) < 4.78 is 33.7. The summed E-state index contributed by atoms with van der Waals surface area (Å²) in [4.78, 5) is 13.1. The van der Waals surface area contributed by atoms with Crippen LogP contribution < -0.4 is 30.7 Å². The summed E-state index contributed by atoms with van der Waals surface area (Å²) in [6.45, 7) is 0.191. The third-order valence-corrected chi connectivity index (χ3v) is 5.81. The summed E-state index contributed by atoms with van der Waals surface area (Å²) in [6.07, 6.45) is 1.59. The van der Waals surface area contributed by atoms with E-state index in [9.17, 15) is 8.42 Å². The molecule has 0 fully saturated rings. The topological polar surface area (TPSA) is 166 Å². The molecule has 13 heteroatoms. The van der Waals surface area contributed by atoms with Gasteiger partial charge in [0.25, 0.3) is 0 Å². The molecule has 0 saturated carbocycles. The van der Waals surface area contributed by atoms with E-state index in [2.05, 4.69) is 36.1 Å². The van der Waals surface area contributed by atoms with Crippen LogP contribution in [-0.4, -0.2) is 36.4 Å². The number of anilines is 5. The number of nitrogens with one attached hydrogen (secondary N) is 3. The van der Waals surface area contributed by atoms with Crippen molar-refractivity contribution in [1.82, 2.24) is 15.0 Å².